The van der Waals surface area contributed by atoms with Crippen molar-refractivity contribution < 1.29 is 9.53 Å². The molecule has 1 atom stereocenters. The number of aryl methyl sites for hydroxylation is 2. The zero-order chi connectivity index (χ0) is 13.0. The Labute approximate surface area is 101 Å². The van der Waals surface area contributed by atoms with Crippen LogP contribution in [0.15, 0.2) is 0 Å². The maximum atomic E-state index is 11.1. The van der Waals surface area contributed by atoms with Crippen molar-refractivity contribution in [2.24, 2.45) is 12.8 Å². The first kappa shape index (κ1) is 13.5. The van der Waals surface area contributed by atoms with Crippen molar-refractivity contribution in [1.29, 1.82) is 0 Å². The molecule has 0 fully saturated rings. The molecule has 0 spiro atoms. The Hall–Kier alpha value is -1.56. The topological polar surface area (TPSA) is 82.2 Å². The zero-order valence-electron chi connectivity index (χ0n) is 10.8. The molecule has 0 aliphatic rings. The molecule has 0 aliphatic carbocycles. The summed E-state index contributed by atoms with van der Waals surface area (Å²) in [5.74, 6) is 0.316. The van der Waals surface area contributed by atoms with E-state index < -0.39 is 0 Å². The Balaban J connectivity index is 3.11. The molecule has 1 heterocycles. The Morgan fingerprint density at radius 3 is 2.76 bits per heavy atom. The van der Waals surface area contributed by atoms with Crippen molar-refractivity contribution in [3.63, 3.8) is 0 Å². The summed E-state index contributed by atoms with van der Waals surface area (Å²) in [6.45, 7) is 4.62. The van der Waals surface area contributed by atoms with Crippen LogP contribution in [0.4, 0.5) is 0 Å². The lowest BCUT2D eigenvalue weighted by Gasteiger charge is -2.17. The Kier molecular flexibility index (Phi) is 4.51. The van der Waals surface area contributed by atoms with Gasteiger partial charge >= 0.3 is 0 Å². The molecule has 1 rings (SSSR count). The van der Waals surface area contributed by atoms with Gasteiger partial charge in [-0.2, -0.15) is 5.10 Å². The molecule has 0 bridgehead atoms. The maximum Gasteiger partial charge on any atom is 0.219 e. The highest BCUT2D eigenvalue weighted by Crippen LogP contribution is 2.29. The van der Waals surface area contributed by atoms with Gasteiger partial charge < -0.3 is 15.8 Å². The maximum absolute atomic E-state index is 11.1. The highest BCUT2D eigenvalue weighted by atomic mass is 16.5. The van der Waals surface area contributed by atoms with Crippen LogP contribution in [0.25, 0.3) is 0 Å². The van der Waals surface area contributed by atoms with Gasteiger partial charge in [-0.15, -0.1) is 0 Å². The molecule has 1 amide bonds. The lowest BCUT2D eigenvalue weighted by molar-refractivity contribution is -0.118. The number of primary amides is 1. The van der Waals surface area contributed by atoms with Crippen LogP contribution in [0, 0.1) is 6.92 Å². The normalized spacial score (nSPS) is 12.5. The molecule has 17 heavy (non-hydrogen) atoms. The van der Waals surface area contributed by atoms with Gasteiger partial charge in [0.05, 0.1) is 18.4 Å². The molecule has 0 saturated heterocycles. The van der Waals surface area contributed by atoms with Gasteiger partial charge in [-0.05, 0) is 13.5 Å². The van der Waals surface area contributed by atoms with E-state index in [9.17, 15) is 4.79 Å². The lowest BCUT2D eigenvalue weighted by atomic mass is 10.0. The fraction of sp³-hybridized carbons (Fsp3) is 0.636. The number of methoxy groups -OCH3 is 1. The third-order valence-corrected chi connectivity index (χ3v) is 2.61. The molecule has 6 heteroatoms. The predicted molar refractivity (Wildman–Crippen MR) is 64.7 cm³/mol. The number of hydrogen-bond donors (Lipinski definition) is 2. The Morgan fingerprint density at radius 1 is 1.65 bits per heavy atom. The van der Waals surface area contributed by atoms with E-state index in [2.05, 4.69) is 10.4 Å². The van der Waals surface area contributed by atoms with E-state index in [4.69, 9.17) is 10.5 Å². The number of rotatable bonds is 6. The van der Waals surface area contributed by atoms with Crippen LogP contribution in [-0.4, -0.2) is 29.3 Å². The van der Waals surface area contributed by atoms with Crippen molar-refractivity contribution in [3.8, 4) is 5.88 Å². The molecule has 3 N–H and O–H groups in total. The van der Waals surface area contributed by atoms with Crippen LogP contribution < -0.4 is 15.8 Å². The van der Waals surface area contributed by atoms with Crippen molar-refractivity contribution >= 4 is 5.91 Å². The number of nitrogens with two attached hydrogens (primary N) is 1. The molecule has 6 nitrogen and oxygen atoms in total. The minimum atomic E-state index is -0.346. The Morgan fingerprint density at radius 2 is 2.29 bits per heavy atom. The number of nitrogens with one attached hydrogen (secondary N) is 1. The first-order valence-electron chi connectivity index (χ1n) is 5.60. The zero-order valence-corrected chi connectivity index (χ0v) is 10.8. The second-order valence-corrected chi connectivity index (χ2v) is 3.91. The first-order chi connectivity index (χ1) is 8.01. The number of amides is 1. The van der Waals surface area contributed by atoms with E-state index in [1.807, 2.05) is 20.9 Å². The summed E-state index contributed by atoms with van der Waals surface area (Å²) in [6.07, 6.45) is 0.233. The van der Waals surface area contributed by atoms with Crippen molar-refractivity contribution in [2.45, 2.75) is 26.3 Å². The van der Waals surface area contributed by atoms with Gasteiger partial charge in [0.15, 0.2) is 0 Å². The van der Waals surface area contributed by atoms with Gasteiger partial charge in [0.2, 0.25) is 11.8 Å². The summed E-state index contributed by atoms with van der Waals surface area (Å²) in [7, 11) is 3.40. The van der Waals surface area contributed by atoms with Gasteiger partial charge in [-0.3, -0.25) is 4.79 Å². The van der Waals surface area contributed by atoms with E-state index >= 15 is 0 Å². The molecule has 1 aromatic rings. The molecule has 0 aliphatic heterocycles. The van der Waals surface area contributed by atoms with E-state index in [1.54, 1.807) is 11.8 Å². The van der Waals surface area contributed by atoms with Crippen molar-refractivity contribution in [1.82, 2.24) is 15.1 Å². The number of hydrogen-bond acceptors (Lipinski definition) is 4. The summed E-state index contributed by atoms with van der Waals surface area (Å²) < 4.78 is 6.98. The van der Waals surface area contributed by atoms with E-state index in [0.717, 1.165) is 17.8 Å². The molecule has 0 radical (unpaired) electrons. The van der Waals surface area contributed by atoms with Crippen LogP contribution in [0.5, 0.6) is 5.88 Å². The van der Waals surface area contributed by atoms with Crippen LogP contribution in [0.3, 0.4) is 0 Å². The number of aromatic nitrogens is 2. The molecule has 1 unspecified atom stereocenters. The summed E-state index contributed by atoms with van der Waals surface area (Å²) in [6, 6.07) is -0.152. The number of ether oxygens (including phenoxy) is 1. The summed E-state index contributed by atoms with van der Waals surface area (Å²) >= 11 is 0. The van der Waals surface area contributed by atoms with Crippen LogP contribution >= 0.6 is 0 Å². The number of carbonyl (C=O) groups excluding carboxylic acids is 1. The summed E-state index contributed by atoms with van der Waals surface area (Å²) in [5, 5.41) is 7.52. The lowest BCUT2D eigenvalue weighted by Crippen LogP contribution is -2.27. The number of nitrogens with zero attached hydrogens (tertiary/aromatic N) is 2. The highest BCUT2D eigenvalue weighted by molar-refractivity contribution is 5.74. The molecule has 0 aromatic carbocycles. The SMILES string of the molecule is CCNC(CC(N)=O)c1c(C)nn(C)c1OC. The molecule has 1 aromatic heterocycles. The van der Waals surface area contributed by atoms with Crippen LogP contribution in [0.2, 0.25) is 0 Å². The summed E-state index contributed by atoms with van der Waals surface area (Å²) in [4.78, 5) is 11.1. The first-order valence-corrected chi connectivity index (χ1v) is 5.60. The van der Waals surface area contributed by atoms with Crippen LogP contribution in [0.1, 0.15) is 30.6 Å². The fourth-order valence-corrected chi connectivity index (χ4v) is 2.02. The third-order valence-electron chi connectivity index (χ3n) is 2.61. The average Bonchev–Trinajstić information content (AvgIpc) is 2.51. The molecular weight excluding hydrogens is 220 g/mol. The second kappa shape index (κ2) is 5.67. The van der Waals surface area contributed by atoms with Gasteiger partial charge in [-0.1, -0.05) is 6.92 Å². The van der Waals surface area contributed by atoms with E-state index in [1.165, 1.54) is 0 Å². The minimum absolute atomic E-state index is 0.152. The quantitative estimate of drug-likeness (QED) is 0.747. The summed E-state index contributed by atoms with van der Waals surface area (Å²) in [5.41, 5.74) is 7.01. The third kappa shape index (κ3) is 2.97. The highest BCUT2D eigenvalue weighted by Gasteiger charge is 2.23. The Bertz CT molecular complexity index is 400. The molecule has 0 saturated carbocycles. The standard InChI is InChI=1S/C11H20N4O2/c1-5-13-8(6-9(12)16)10-7(2)14-15(3)11(10)17-4/h8,13H,5-6H2,1-4H3,(H2,12,16). The van der Waals surface area contributed by atoms with Gasteiger partial charge in [0, 0.05) is 19.5 Å². The molecule has 96 valence electrons. The predicted octanol–water partition coefficient (Wildman–Crippen LogP) is 0.263. The second-order valence-electron chi connectivity index (χ2n) is 3.91. The fourth-order valence-electron chi connectivity index (χ4n) is 2.02. The smallest absolute Gasteiger partial charge is 0.219 e. The van der Waals surface area contributed by atoms with Crippen LogP contribution in [-0.2, 0) is 11.8 Å². The van der Waals surface area contributed by atoms with Crippen molar-refractivity contribution in [3.05, 3.63) is 11.3 Å². The van der Waals surface area contributed by atoms with Crippen molar-refractivity contribution in [2.75, 3.05) is 13.7 Å². The average molecular weight is 240 g/mol. The van der Waals surface area contributed by atoms with E-state index in [0.29, 0.717) is 5.88 Å². The van der Waals surface area contributed by atoms with Gasteiger partial charge in [-0.25, -0.2) is 4.68 Å². The van der Waals surface area contributed by atoms with Gasteiger partial charge in [0.25, 0.3) is 0 Å². The van der Waals surface area contributed by atoms with Gasteiger partial charge in [0.1, 0.15) is 0 Å². The monoisotopic (exact) mass is 240 g/mol. The van der Waals surface area contributed by atoms with E-state index in [-0.39, 0.29) is 18.4 Å². The number of carbonyl (C=O) groups is 1. The molecular formula is C11H20N4O2. The largest absolute Gasteiger partial charge is 0.481 e. The minimum Gasteiger partial charge on any atom is -0.481 e.